The summed E-state index contributed by atoms with van der Waals surface area (Å²) in [7, 11) is 0. The number of alkyl halides is 2. The molecule has 6 rings (SSSR count). The second-order valence-electron chi connectivity index (χ2n) is 10.3. The van der Waals surface area contributed by atoms with Gasteiger partial charge in [0, 0.05) is 0 Å². The van der Waals surface area contributed by atoms with Gasteiger partial charge in [-0.15, -0.1) is 4.52 Å². The molecule has 25 heteroatoms. The number of thiol groups is 1. The Labute approximate surface area is 271 Å². The number of nitrogens with one attached hydrogen (secondary N) is 2. The quantitative estimate of drug-likeness (QED) is 0.0952. The first-order chi connectivity index (χ1) is 21.7. The fourth-order valence-corrected chi connectivity index (χ4v) is 7.76. The number of aliphatic hydroxyl groups excluding tert-OH is 1. The Morgan fingerprint density at radius 3 is 2.54 bits per heavy atom. The molecular formula is C21H24F2N9O9P2S3+. The zero-order valence-corrected chi connectivity index (χ0v) is 27.4. The van der Waals surface area contributed by atoms with E-state index in [1.165, 1.54) is 4.57 Å². The van der Waals surface area contributed by atoms with Gasteiger partial charge < -0.3 is 34.7 Å². The number of nitrogens with two attached hydrogens (primary N) is 1. The molecule has 2 fully saturated rings. The van der Waals surface area contributed by atoms with Crippen LogP contribution in [0.15, 0.2) is 28.6 Å². The van der Waals surface area contributed by atoms with Crippen LogP contribution in [0.1, 0.15) is 19.4 Å². The number of hydrogen-bond donors (Lipinski definition) is 6. The number of nitrogens with zero attached hydrogens (tertiary/aromatic N) is 6. The van der Waals surface area contributed by atoms with Crippen LogP contribution in [0.25, 0.3) is 22.3 Å². The predicted octanol–water partition coefficient (Wildman–Crippen LogP) is 0.396. The van der Waals surface area contributed by atoms with E-state index in [0.717, 1.165) is 30.5 Å². The Balaban J connectivity index is 1.25. The number of ether oxygens (including phenoxy) is 2. The molecule has 2 unspecified atom stereocenters. The number of aromatic amines is 2. The molecule has 2 saturated heterocycles. The topological polar surface area (TPSA) is 240 Å². The van der Waals surface area contributed by atoms with Crippen LogP contribution in [-0.2, 0) is 46.7 Å². The molecule has 2 aliphatic heterocycles. The standard InChI is InChI=1S/C21H23F2N9O9P2S3/c1-21(23)8(2-33)39-19(32-6-28-11-15(32)29-20(24)30-17(11)35)13(21)41-43(36,46)37-3-7-12(40-42(44)45)9(22)18(38-7)31-5-27-10-14(31)25-4-26-16(10)34/h4-9,12-13,18-19,33H,2-3H2,1H3,(H5-,24,25,26,29,30,34,35,36,44,45,46)/p+1/t7-,8-,9+,12-,13+,18-,19-,21+,43?/m1/s1. The molecule has 46 heavy (non-hydrogen) atoms. The Kier molecular flexibility index (Phi) is 9.15. The number of aromatic nitrogens is 8. The number of fused-ring (bicyclic) bond motifs is 2. The lowest BCUT2D eigenvalue weighted by Gasteiger charge is -2.30. The number of rotatable bonds is 10. The van der Waals surface area contributed by atoms with Crippen molar-refractivity contribution in [1.82, 2.24) is 39.0 Å². The zero-order valence-electron chi connectivity index (χ0n) is 23.1. The molecule has 248 valence electrons. The highest BCUT2D eigenvalue weighted by atomic mass is 32.9. The number of aliphatic hydroxyl groups is 1. The van der Waals surface area contributed by atoms with E-state index in [1.54, 1.807) is 0 Å². The summed E-state index contributed by atoms with van der Waals surface area (Å²) in [5.74, 6) is -0.264. The van der Waals surface area contributed by atoms with E-state index < -0.39 is 85.9 Å². The smallest absolute Gasteiger partial charge is 0.394 e. The third-order valence-corrected chi connectivity index (χ3v) is 9.91. The maximum atomic E-state index is 16.1. The molecule has 2 aliphatic rings. The van der Waals surface area contributed by atoms with Crippen LogP contribution in [0, 0.1) is 0 Å². The highest BCUT2D eigenvalue weighted by molar-refractivity contribution is 8.54. The highest BCUT2D eigenvalue weighted by Crippen LogP contribution is 2.54. The van der Waals surface area contributed by atoms with Crippen molar-refractivity contribution in [3.63, 3.8) is 0 Å². The number of halogens is 2. The average Bonchev–Trinajstić information content (AvgIpc) is 3.72. The van der Waals surface area contributed by atoms with Crippen LogP contribution >= 0.6 is 25.1 Å². The summed E-state index contributed by atoms with van der Waals surface area (Å²) in [6.45, 7) is -4.80. The van der Waals surface area contributed by atoms with Gasteiger partial charge in [0.25, 0.3) is 11.1 Å². The average molecular weight is 743 g/mol. The summed E-state index contributed by atoms with van der Waals surface area (Å²) in [4.78, 5) is 56.2. The van der Waals surface area contributed by atoms with Crippen molar-refractivity contribution in [3.8, 4) is 0 Å². The van der Waals surface area contributed by atoms with Gasteiger partial charge in [-0.05, 0) is 18.7 Å². The summed E-state index contributed by atoms with van der Waals surface area (Å²) >= 11 is 14.3. The lowest BCUT2D eigenvalue weighted by molar-refractivity contribution is -0.0546. The van der Waals surface area contributed by atoms with Gasteiger partial charge in [0.15, 0.2) is 52.7 Å². The van der Waals surface area contributed by atoms with Crippen LogP contribution in [0.4, 0.5) is 14.7 Å². The van der Waals surface area contributed by atoms with Crippen molar-refractivity contribution in [1.29, 1.82) is 0 Å². The molecular weight excluding hydrogens is 718 g/mol. The lowest BCUT2D eigenvalue weighted by Crippen LogP contribution is -2.43. The lowest BCUT2D eigenvalue weighted by atomic mass is 9.97. The molecule has 4 aromatic rings. The summed E-state index contributed by atoms with van der Waals surface area (Å²) in [6, 6.07) is 0. The van der Waals surface area contributed by atoms with Gasteiger partial charge in [0.2, 0.25) is 17.8 Å². The van der Waals surface area contributed by atoms with E-state index in [1.807, 2.05) is 0 Å². The summed E-state index contributed by atoms with van der Waals surface area (Å²) in [6.07, 6.45) is -9.13. The molecule has 0 saturated carbocycles. The third kappa shape index (κ3) is 6.03. The van der Waals surface area contributed by atoms with E-state index in [2.05, 4.69) is 42.2 Å². The van der Waals surface area contributed by atoms with Gasteiger partial charge in [-0.1, -0.05) is 0 Å². The van der Waals surface area contributed by atoms with Gasteiger partial charge in [0.05, 0.1) is 32.2 Å². The third-order valence-electron chi connectivity index (χ3n) is 7.41. The first kappa shape index (κ1) is 33.5. The van der Waals surface area contributed by atoms with Crippen LogP contribution in [0.3, 0.4) is 0 Å². The van der Waals surface area contributed by atoms with E-state index in [-0.39, 0.29) is 28.3 Å². The van der Waals surface area contributed by atoms with Gasteiger partial charge >= 0.3 is 12.8 Å². The molecule has 6 heterocycles. The monoisotopic (exact) mass is 742 g/mol. The van der Waals surface area contributed by atoms with Crippen molar-refractivity contribution in [2.24, 2.45) is 0 Å². The number of hydrogen-bond acceptors (Lipinski definition) is 15. The highest BCUT2D eigenvalue weighted by Gasteiger charge is 2.58. The van der Waals surface area contributed by atoms with E-state index in [9.17, 15) is 19.6 Å². The van der Waals surface area contributed by atoms with Crippen molar-refractivity contribution in [3.05, 3.63) is 39.7 Å². The fourth-order valence-electron chi connectivity index (χ4n) is 5.23. The molecule has 0 radical (unpaired) electrons. The van der Waals surface area contributed by atoms with Crippen molar-refractivity contribution >= 4 is 77.0 Å². The number of nitrogen functional groups attached to an aromatic ring is 1. The van der Waals surface area contributed by atoms with E-state index in [0.29, 0.717) is 0 Å². The zero-order chi connectivity index (χ0) is 33.1. The normalized spacial score (nSPS) is 31.5. The molecule has 0 aromatic carbocycles. The minimum Gasteiger partial charge on any atom is -0.394 e. The van der Waals surface area contributed by atoms with E-state index in [4.69, 9.17) is 52.4 Å². The van der Waals surface area contributed by atoms with Gasteiger partial charge in [0.1, 0.15) is 30.6 Å². The summed E-state index contributed by atoms with van der Waals surface area (Å²) in [5.41, 5.74) is 1.66. The molecule has 0 aliphatic carbocycles. The van der Waals surface area contributed by atoms with Crippen molar-refractivity contribution in [2.75, 3.05) is 18.9 Å². The maximum Gasteiger partial charge on any atom is 0.411 e. The molecule has 0 bridgehead atoms. The Bertz CT molecular complexity index is 1980. The number of imidazole rings is 2. The second-order valence-corrected chi connectivity index (χ2v) is 16.7. The maximum absolute atomic E-state index is 16.1. The molecule has 0 spiro atoms. The second kappa shape index (κ2) is 12.6. The fraction of sp³-hybridized carbons (Fsp3) is 0.524. The first-order valence-corrected chi connectivity index (χ1v) is 19.1. The van der Waals surface area contributed by atoms with Gasteiger partial charge in [-0.3, -0.25) is 28.2 Å². The molecule has 10 atom stereocenters. The Morgan fingerprint density at radius 2 is 1.87 bits per heavy atom. The minimum atomic E-state index is -4.43. The Morgan fingerprint density at radius 1 is 1.20 bits per heavy atom. The van der Waals surface area contributed by atoms with Gasteiger partial charge in [-0.2, -0.15) is 4.98 Å². The van der Waals surface area contributed by atoms with Gasteiger partial charge in [-0.25, -0.2) is 23.7 Å². The van der Waals surface area contributed by atoms with Crippen molar-refractivity contribution < 1.29 is 41.8 Å². The SMILES string of the molecule is C[C@]1(F)[C@@H](CO)O[C@@H](n2cnc3c(=O)[nH]c(N)nc32)[C@@H]1OP(O)(=S)OC[C@H]1O[C@@H](n2cnc3c(=O)[nH]cnc32)[C@@H](F)[C@@H]1O[P+](=S)S. The Hall–Kier alpha value is -2.40. The molecule has 6 N–H and O–H groups in total. The number of H-pyrrole nitrogens is 2. The molecule has 0 amide bonds. The van der Waals surface area contributed by atoms with Crippen molar-refractivity contribution in [2.45, 2.75) is 55.6 Å². The summed E-state index contributed by atoms with van der Waals surface area (Å²) < 4.78 is 62.5. The molecule has 18 nitrogen and oxygen atoms in total. The minimum absolute atomic E-state index is 0.0250. The molecule has 4 aromatic heterocycles. The van der Waals surface area contributed by atoms with Crippen LogP contribution in [-0.4, -0.2) is 98.5 Å². The largest absolute Gasteiger partial charge is 0.411 e. The number of anilines is 1. The summed E-state index contributed by atoms with van der Waals surface area (Å²) in [5, 5.41) is 9.84. The van der Waals surface area contributed by atoms with E-state index >= 15 is 8.78 Å². The first-order valence-electron chi connectivity index (χ1n) is 13.1. The van der Waals surface area contributed by atoms with Crippen LogP contribution < -0.4 is 16.9 Å². The predicted molar refractivity (Wildman–Crippen MR) is 165 cm³/mol. The van der Waals surface area contributed by atoms with Crippen LogP contribution in [0.2, 0.25) is 0 Å². The van der Waals surface area contributed by atoms with Crippen LogP contribution in [0.5, 0.6) is 0 Å².